The second-order valence-corrected chi connectivity index (χ2v) is 8.29. The Morgan fingerprint density at radius 2 is 2.07 bits per heavy atom. The Kier molecular flexibility index (Phi) is 7.44. The first-order chi connectivity index (χ1) is 14.0. The van der Waals surface area contributed by atoms with Gasteiger partial charge in [-0.05, 0) is 55.3 Å². The van der Waals surface area contributed by atoms with Crippen LogP contribution in [0.5, 0.6) is 0 Å². The van der Waals surface area contributed by atoms with E-state index in [2.05, 4.69) is 20.6 Å². The summed E-state index contributed by atoms with van der Waals surface area (Å²) in [6.07, 6.45) is 2.90. The van der Waals surface area contributed by atoms with Gasteiger partial charge >= 0.3 is 0 Å². The molecule has 2 heterocycles. The quantitative estimate of drug-likeness (QED) is 0.477. The number of benzene rings is 1. The lowest BCUT2D eigenvalue weighted by Gasteiger charge is -2.18. The molecule has 152 valence electrons. The summed E-state index contributed by atoms with van der Waals surface area (Å²) >= 11 is 13.6. The molecule has 9 heteroatoms. The van der Waals surface area contributed by atoms with E-state index in [-0.39, 0.29) is 11.9 Å². The normalized spacial score (nSPS) is 11.9. The summed E-state index contributed by atoms with van der Waals surface area (Å²) in [7, 11) is 1.76. The molecule has 0 saturated heterocycles. The first-order valence-electron chi connectivity index (χ1n) is 9.06. The van der Waals surface area contributed by atoms with Crippen LogP contribution in [-0.2, 0) is 6.42 Å². The molecule has 1 unspecified atom stereocenters. The molecule has 0 saturated carbocycles. The Labute approximate surface area is 183 Å². The van der Waals surface area contributed by atoms with E-state index in [1.165, 1.54) is 11.3 Å². The minimum Gasteiger partial charge on any atom is -0.357 e. The van der Waals surface area contributed by atoms with E-state index in [1.807, 2.05) is 18.2 Å². The standard InChI is InChI=1S/C20H21Cl2N5OS/c1-24-20-25-9-7-16(27-20)17-4-5-18(29-17)19(28)26-14(6-8-23)10-12-2-3-13(21)11-15(12)22/h2-5,7,9,11,14H,6,8,10,23H2,1H3,(H,26,28)(H,24,25,27). The number of rotatable bonds is 8. The zero-order valence-corrected chi connectivity index (χ0v) is 18.1. The molecular formula is C20H21Cl2N5OS. The van der Waals surface area contributed by atoms with E-state index in [0.29, 0.717) is 40.3 Å². The highest BCUT2D eigenvalue weighted by Crippen LogP contribution is 2.27. The summed E-state index contributed by atoms with van der Waals surface area (Å²) < 4.78 is 0. The molecule has 0 aliphatic carbocycles. The van der Waals surface area contributed by atoms with Crippen LogP contribution in [0.2, 0.25) is 10.0 Å². The van der Waals surface area contributed by atoms with Crippen LogP contribution in [0.1, 0.15) is 21.7 Å². The number of nitrogens with zero attached hydrogens (tertiary/aromatic N) is 2. The number of carbonyl (C=O) groups excluding carboxylic acids is 1. The van der Waals surface area contributed by atoms with Crippen molar-refractivity contribution in [3.8, 4) is 10.6 Å². The zero-order chi connectivity index (χ0) is 20.8. The van der Waals surface area contributed by atoms with Crippen LogP contribution < -0.4 is 16.4 Å². The fraction of sp³-hybridized carbons (Fsp3) is 0.250. The fourth-order valence-electron chi connectivity index (χ4n) is 2.85. The van der Waals surface area contributed by atoms with Gasteiger partial charge in [0.1, 0.15) is 0 Å². The summed E-state index contributed by atoms with van der Waals surface area (Å²) in [6, 6.07) is 10.7. The fourth-order valence-corrected chi connectivity index (χ4v) is 4.21. The highest BCUT2D eigenvalue weighted by molar-refractivity contribution is 7.17. The van der Waals surface area contributed by atoms with E-state index >= 15 is 0 Å². The zero-order valence-electron chi connectivity index (χ0n) is 15.8. The molecule has 1 amide bonds. The van der Waals surface area contributed by atoms with Gasteiger partial charge in [-0.2, -0.15) is 0 Å². The predicted octanol–water partition coefficient (Wildman–Crippen LogP) is 4.24. The van der Waals surface area contributed by atoms with E-state index < -0.39 is 0 Å². The second-order valence-electron chi connectivity index (χ2n) is 6.37. The average Bonchev–Trinajstić information content (AvgIpc) is 3.21. The van der Waals surface area contributed by atoms with E-state index in [9.17, 15) is 4.79 Å². The third-order valence-electron chi connectivity index (χ3n) is 4.29. The van der Waals surface area contributed by atoms with Gasteiger partial charge in [-0.1, -0.05) is 29.3 Å². The first kappa shape index (κ1) is 21.5. The maximum Gasteiger partial charge on any atom is 0.261 e. The SMILES string of the molecule is CNc1nccc(-c2ccc(C(=O)NC(CCN)Cc3ccc(Cl)cc3Cl)s2)n1. The van der Waals surface area contributed by atoms with Gasteiger partial charge in [-0.3, -0.25) is 4.79 Å². The number of nitrogens with one attached hydrogen (secondary N) is 2. The van der Waals surface area contributed by atoms with E-state index in [1.54, 1.807) is 31.4 Å². The van der Waals surface area contributed by atoms with Crippen LogP contribution in [0.4, 0.5) is 5.95 Å². The van der Waals surface area contributed by atoms with Crippen LogP contribution in [0.15, 0.2) is 42.6 Å². The molecule has 4 N–H and O–H groups in total. The van der Waals surface area contributed by atoms with Crippen molar-refractivity contribution in [2.75, 3.05) is 18.9 Å². The molecule has 3 aromatic rings. The maximum atomic E-state index is 12.8. The maximum absolute atomic E-state index is 12.8. The largest absolute Gasteiger partial charge is 0.357 e. The summed E-state index contributed by atoms with van der Waals surface area (Å²) in [5, 5.41) is 7.14. The summed E-state index contributed by atoms with van der Waals surface area (Å²) in [5.41, 5.74) is 7.43. The number of halogens is 2. The van der Waals surface area contributed by atoms with Crippen molar-refractivity contribution in [2.45, 2.75) is 18.9 Å². The van der Waals surface area contributed by atoms with E-state index in [4.69, 9.17) is 28.9 Å². The van der Waals surface area contributed by atoms with Crippen molar-refractivity contribution in [2.24, 2.45) is 5.73 Å². The number of aromatic nitrogens is 2. The van der Waals surface area contributed by atoms with Crippen molar-refractivity contribution in [3.63, 3.8) is 0 Å². The van der Waals surface area contributed by atoms with Crippen molar-refractivity contribution in [1.82, 2.24) is 15.3 Å². The third kappa shape index (κ3) is 5.67. The van der Waals surface area contributed by atoms with Gasteiger partial charge in [-0.15, -0.1) is 11.3 Å². The van der Waals surface area contributed by atoms with E-state index in [0.717, 1.165) is 16.1 Å². The molecule has 6 nitrogen and oxygen atoms in total. The molecule has 0 aliphatic rings. The Balaban J connectivity index is 1.72. The number of amides is 1. The highest BCUT2D eigenvalue weighted by atomic mass is 35.5. The molecule has 0 radical (unpaired) electrons. The number of hydrogen-bond donors (Lipinski definition) is 3. The number of carbonyl (C=O) groups is 1. The minimum atomic E-state index is -0.146. The molecule has 29 heavy (non-hydrogen) atoms. The molecule has 0 aliphatic heterocycles. The van der Waals surface area contributed by atoms with Crippen molar-refractivity contribution in [1.29, 1.82) is 0 Å². The van der Waals surface area contributed by atoms with Gasteiger partial charge in [0.15, 0.2) is 0 Å². The van der Waals surface area contributed by atoms with Crippen molar-refractivity contribution < 1.29 is 4.79 Å². The van der Waals surface area contributed by atoms with Gasteiger partial charge in [0.05, 0.1) is 15.4 Å². The molecular weight excluding hydrogens is 429 g/mol. The molecule has 0 spiro atoms. The number of anilines is 1. The van der Waals surface area contributed by atoms with Gasteiger partial charge in [0.2, 0.25) is 5.95 Å². The van der Waals surface area contributed by atoms with Crippen LogP contribution in [0, 0.1) is 0 Å². The molecule has 2 aromatic heterocycles. The summed E-state index contributed by atoms with van der Waals surface area (Å²) in [4.78, 5) is 22.8. The van der Waals surface area contributed by atoms with Crippen molar-refractivity contribution >= 4 is 46.4 Å². The molecule has 0 bridgehead atoms. The number of nitrogens with two attached hydrogens (primary N) is 1. The number of thiophene rings is 1. The third-order valence-corrected chi connectivity index (χ3v) is 5.99. The van der Waals surface area contributed by atoms with Crippen LogP contribution in [-0.4, -0.2) is 35.5 Å². The molecule has 1 aromatic carbocycles. The molecule has 3 rings (SSSR count). The lowest BCUT2D eigenvalue weighted by Crippen LogP contribution is -2.37. The van der Waals surface area contributed by atoms with Crippen LogP contribution in [0.25, 0.3) is 10.6 Å². The van der Waals surface area contributed by atoms with Crippen LogP contribution >= 0.6 is 34.5 Å². The molecule has 1 atom stereocenters. The smallest absolute Gasteiger partial charge is 0.261 e. The lowest BCUT2D eigenvalue weighted by molar-refractivity contribution is 0.0939. The monoisotopic (exact) mass is 449 g/mol. The van der Waals surface area contributed by atoms with Gasteiger partial charge in [0.25, 0.3) is 5.91 Å². The highest BCUT2D eigenvalue weighted by Gasteiger charge is 2.17. The number of hydrogen-bond acceptors (Lipinski definition) is 6. The van der Waals surface area contributed by atoms with Crippen molar-refractivity contribution in [3.05, 3.63) is 63.1 Å². The van der Waals surface area contributed by atoms with Gasteiger partial charge in [0, 0.05) is 29.3 Å². The Morgan fingerprint density at radius 3 is 2.79 bits per heavy atom. The Hall–Kier alpha value is -2.19. The first-order valence-corrected chi connectivity index (χ1v) is 10.6. The minimum absolute atomic E-state index is 0.133. The summed E-state index contributed by atoms with van der Waals surface area (Å²) in [5.74, 6) is 0.387. The van der Waals surface area contributed by atoms with Crippen LogP contribution in [0.3, 0.4) is 0 Å². The average molecular weight is 450 g/mol. The van der Waals surface area contributed by atoms with Gasteiger partial charge < -0.3 is 16.4 Å². The molecule has 0 fully saturated rings. The summed E-state index contributed by atoms with van der Waals surface area (Å²) in [6.45, 7) is 0.458. The predicted molar refractivity (Wildman–Crippen MR) is 120 cm³/mol. The van der Waals surface area contributed by atoms with Gasteiger partial charge in [-0.25, -0.2) is 9.97 Å². The second kappa shape index (κ2) is 10.0. The Bertz CT molecular complexity index is 995. The topological polar surface area (TPSA) is 92.9 Å². The lowest BCUT2D eigenvalue weighted by atomic mass is 10.0. The Morgan fingerprint density at radius 1 is 1.24 bits per heavy atom.